The second-order valence-corrected chi connectivity index (χ2v) is 6.72. The third-order valence-corrected chi connectivity index (χ3v) is 4.44. The van der Waals surface area contributed by atoms with Crippen LogP contribution in [0, 0.1) is 0 Å². The summed E-state index contributed by atoms with van der Waals surface area (Å²) in [6.45, 7) is 2.46. The Labute approximate surface area is 177 Å². The van der Waals surface area contributed by atoms with Crippen LogP contribution in [-0.4, -0.2) is 47.1 Å². The van der Waals surface area contributed by atoms with Crippen molar-refractivity contribution in [1.82, 2.24) is 4.90 Å². The smallest absolute Gasteiger partial charge is 0.308 e. The second kappa shape index (κ2) is 10.4. The Morgan fingerprint density at radius 2 is 1.30 bits per heavy atom. The van der Waals surface area contributed by atoms with E-state index in [1.807, 2.05) is 0 Å². The van der Waals surface area contributed by atoms with Gasteiger partial charge in [-0.15, -0.1) is 0 Å². The van der Waals surface area contributed by atoms with E-state index in [0.29, 0.717) is 0 Å². The molecule has 0 radical (unpaired) electrons. The first-order valence-corrected chi connectivity index (χ1v) is 9.97. The number of ether oxygens (including phenoxy) is 2. The van der Waals surface area contributed by atoms with Crippen molar-refractivity contribution in [3.05, 3.63) is 59.7 Å². The molecule has 0 saturated carbocycles. The summed E-state index contributed by atoms with van der Waals surface area (Å²) < 4.78 is 10.1. The van der Waals surface area contributed by atoms with Crippen molar-refractivity contribution in [2.24, 2.45) is 4.99 Å². The van der Waals surface area contributed by atoms with Crippen molar-refractivity contribution >= 4 is 40.7 Å². The largest absolute Gasteiger partial charge is 0.426 e. The van der Waals surface area contributed by atoms with Gasteiger partial charge in [0, 0.05) is 20.9 Å². The SMILES string of the molecule is CSC(=NC(=O)c1ccccc1OC(C)=O)N(C)C(=O)c1ccccc1OC(C)=O. The standard InChI is InChI=1S/C21H20N2O6S/c1-13(24)28-17-11-7-5-9-15(17)19(26)22-21(30-4)23(3)20(27)16-10-6-8-12-18(16)29-14(2)25/h5-12H,1-4H3. The van der Waals surface area contributed by atoms with Gasteiger partial charge in [-0.3, -0.25) is 24.1 Å². The van der Waals surface area contributed by atoms with E-state index in [4.69, 9.17) is 9.47 Å². The Balaban J connectivity index is 2.35. The van der Waals surface area contributed by atoms with E-state index in [-0.39, 0.29) is 27.8 Å². The van der Waals surface area contributed by atoms with Gasteiger partial charge in [0.2, 0.25) is 0 Å². The minimum Gasteiger partial charge on any atom is -0.426 e. The molecular weight excluding hydrogens is 408 g/mol. The second-order valence-electron chi connectivity index (χ2n) is 5.95. The lowest BCUT2D eigenvalue weighted by Crippen LogP contribution is -2.32. The number of rotatable bonds is 4. The predicted octanol–water partition coefficient (Wildman–Crippen LogP) is 3.17. The van der Waals surface area contributed by atoms with Crippen LogP contribution in [-0.2, 0) is 9.59 Å². The molecule has 0 unspecified atom stereocenters. The molecule has 0 saturated heterocycles. The van der Waals surface area contributed by atoms with Crippen molar-refractivity contribution < 1.29 is 28.7 Å². The molecule has 0 aliphatic carbocycles. The van der Waals surface area contributed by atoms with Gasteiger partial charge in [0.25, 0.3) is 11.8 Å². The molecule has 2 amide bonds. The van der Waals surface area contributed by atoms with E-state index < -0.39 is 23.8 Å². The van der Waals surface area contributed by atoms with Gasteiger partial charge in [-0.05, 0) is 30.5 Å². The fourth-order valence-electron chi connectivity index (χ4n) is 2.45. The predicted molar refractivity (Wildman–Crippen MR) is 113 cm³/mol. The van der Waals surface area contributed by atoms with Crippen LogP contribution in [0.2, 0.25) is 0 Å². The van der Waals surface area contributed by atoms with Gasteiger partial charge in [-0.2, -0.15) is 4.99 Å². The van der Waals surface area contributed by atoms with E-state index in [1.165, 1.54) is 50.1 Å². The van der Waals surface area contributed by atoms with Crippen LogP contribution in [0.1, 0.15) is 34.6 Å². The van der Waals surface area contributed by atoms with E-state index in [9.17, 15) is 19.2 Å². The number of hydrogen-bond acceptors (Lipinski definition) is 7. The maximum atomic E-state index is 12.9. The summed E-state index contributed by atoms with van der Waals surface area (Å²) in [6, 6.07) is 12.5. The maximum absolute atomic E-state index is 12.9. The lowest BCUT2D eigenvalue weighted by Gasteiger charge is -2.19. The van der Waals surface area contributed by atoms with Crippen LogP contribution in [0.5, 0.6) is 11.5 Å². The maximum Gasteiger partial charge on any atom is 0.308 e. The molecule has 0 bridgehead atoms. The summed E-state index contributed by atoms with van der Waals surface area (Å²) in [5.41, 5.74) is 0.227. The average Bonchev–Trinajstić information content (AvgIpc) is 2.70. The van der Waals surface area contributed by atoms with Gasteiger partial charge >= 0.3 is 11.9 Å². The summed E-state index contributed by atoms with van der Waals surface area (Å²) >= 11 is 1.08. The summed E-state index contributed by atoms with van der Waals surface area (Å²) in [5.74, 6) is -2.14. The Kier molecular flexibility index (Phi) is 7.88. The number of amidine groups is 1. The molecule has 0 N–H and O–H groups in total. The Hall–Kier alpha value is -3.46. The lowest BCUT2D eigenvalue weighted by molar-refractivity contribution is -0.132. The van der Waals surface area contributed by atoms with Crippen molar-refractivity contribution in [1.29, 1.82) is 0 Å². The molecule has 2 rings (SSSR count). The quantitative estimate of drug-likeness (QED) is 0.319. The molecule has 2 aromatic rings. The molecule has 0 heterocycles. The molecule has 30 heavy (non-hydrogen) atoms. The number of esters is 2. The first-order chi connectivity index (χ1) is 14.2. The number of carbonyl (C=O) groups excluding carboxylic acids is 4. The number of aliphatic imine (C=N–C) groups is 1. The first kappa shape index (κ1) is 22.8. The number of thioether (sulfide) groups is 1. The van der Waals surface area contributed by atoms with Gasteiger partial charge in [0.1, 0.15) is 11.5 Å². The highest BCUT2D eigenvalue weighted by molar-refractivity contribution is 8.13. The Bertz CT molecular complexity index is 1020. The number of hydrogen-bond donors (Lipinski definition) is 0. The molecule has 0 spiro atoms. The highest BCUT2D eigenvalue weighted by Gasteiger charge is 2.22. The first-order valence-electron chi connectivity index (χ1n) is 8.74. The average molecular weight is 428 g/mol. The lowest BCUT2D eigenvalue weighted by atomic mass is 10.2. The minimum atomic E-state index is -0.677. The fraction of sp³-hybridized carbons (Fsp3) is 0.190. The normalized spacial score (nSPS) is 10.9. The molecule has 0 aliphatic heterocycles. The molecule has 0 aliphatic rings. The molecule has 9 heteroatoms. The number of para-hydroxylation sites is 2. The monoisotopic (exact) mass is 428 g/mol. The van der Waals surface area contributed by atoms with Gasteiger partial charge < -0.3 is 9.47 Å². The van der Waals surface area contributed by atoms with Gasteiger partial charge in [0.15, 0.2) is 5.17 Å². The van der Waals surface area contributed by atoms with Crippen LogP contribution in [0.15, 0.2) is 53.5 Å². The van der Waals surface area contributed by atoms with Crippen molar-refractivity contribution in [3.63, 3.8) is 0 Å². The molecule has 0 atom stereocenters. The number of carbonyl (C=O) groups is 4. The number of nitrogens with zero attached hydrogens (tertiary/aromatic N) is 2. The van der Waals surface area contributed by atoms with Gasteiger partial charge in [-0.1, -0.05) is 36.0 Å². The molecule has 0 aromatic heterocycles. The highest BCUT2D eigenvalue weighted by atomic mass is 32.2. The zero-order chi connectivity index (χ0) is 22.3. The van der Waals surface area contributed by atoms with E-state index in [1.54, 1.807) is 30.5 Å². The molecule has 156 valence electrons. The van der Waals surface area contributed by atoms with E-state index in [0.717, 1.165) is 11.8 Å². The van der Waals surface area contributed by atoms with Gasteiger partial charge in [0.05, 0.1) is 11.1 Å². The van der Waals surface area contributed by atoms with Crippen molar-refractivity contribution in [2.75, 3.05) is 13.3 Å². The van der Waals surface area contributed by atoms with E-state index in [2.05, 4.69) is 4.99 Å². The van der Waals surface area contributed by atoms with Crippen LogP contribution in [0.25, 0.3) is 0 Å². The van der Waals surface area contributed by atoms with E-state index >= 15 is 0 Å². The third-order valence-electron chi connectivity index (χ3n) is 3.71. The summed E-state index contributed by atoms with van der Waals surface area (Å²) in [6.07, 6.45) is 1.66. The zero-order valence-electron chi connectivity index (χ0n) is 16.9. The van der Waals surface area contributed by atoms with Crippen LogP contribution in [0.4, 0.5) is 0 Å². The summed E-state index contributed by atoms with van der Waals surface area (Å²) in [7, 11) is 1.45. The highest BCUT2D eigenvalue weighted by Crippen LogP contribution is 2.23. The molecule has 0 fully saturated rings. The van der Waals surface area contributed by atoms with Crippen LogP contribution in [0.3, 0.4) is 0 Å². The third kappa shape index (κ3) is 5.77. The fourth-order valence-corrected chi connectivity index (χ4v) is 2.98. The zero-order valence-corrected chi connectivity index (χ0v) is 17.7. The number of benzene rings is 2. The Morgan fingerprint density at radius 1 is 0.833 bits per heavy atom. The molecule has 2 aromatic carbocycles. The minimum absolute atomic E-state index is 0.0772. The summed E-state index contributed by atoms with van der Waals surface area (Å²) in [5, 5.41) is 0.111. The van der Waals surface area contributed by atoms with Gasteiger partial charge in [-0.25, -0.2) is 0 Å². The topological polar surface area (TPSA) is 102 Å². The number of amides is 2. The van der Waals surface area contributed by atoms with Crippen molar-refractivity contribution in [3.8, 4) is 11.5 Å². The van der Waals surface area contributed by atoms with Crippen LogP contribution < -0.4 is 9.47 Å². The van der Waals surface area contributed by atoms with Crippen LogP contribution >= 0.6 is 11.8 Å². The van der Waals surface area contributed by atoms with Crippen molar-refractivity contribution in [2.45, 2.75) is 13.8 Å². The Morgan fingerprint density at radius 3 is 1.80 bits per heavy atom. The summed E-state index contributed by atoms with van der Waals surface area (Å²) in [4.78, 5) is 53.4. The molecular formula is C21H20N2O6S. The molecule has 8 nitrogen and oxygen atoms in total.